The van der Waals surface area contributed by atoms with Gasteiger partial charge >= 0.3 is 0 Å². The first-order chi connectivity index (χ1) is 5.33. The molecule has 0 aliphatic rings. The molecular formula is C10H10O. The number of phenolic OH excluding ortho intramolecular Hbond substituents is 1. The molecule has 0 radical (unpaired) electrons. The van der Waals surface area contributed by atoms with Crippen molar-refractivity contribution in [2.45, 2.75) is 6.42 Å². The van der Waals surface area contributed by atoms with Gasteiger partial charge in [-0.1, -0.05) is 18.7 Å². The second-order valence-corrected chi connectivity index (χ2v) is 2.28. The van der Waals surface area contributed by atoms with Gasteiger partial charge in [-0.15, -0.1) is 5.73 Å². The number of hydrogen-bond acceptors (Lipinski definition) is 1. The molecule has 1 rings (SSSR count). The maximum Gasteiger partial charge on any atom is 0.115 e. The molecule has 1 heteroatoms. The van der Waals surface area contributed by atoms with Crippen molar-refractivity contribution in [1.82, 2.24) is 0 Å². The van der Waals surface area contributed by atoms with Crippen LogP contribution in [0.5, 0.6) is 5.75 Å². The molecule has 1 aromatic carbocycles. The minimum Gasteiger partial charge on any atom is -0.508 e. The van der Waals surface area contributed by atoms with Crippen molar-refractivity contribution >= 4 is 0 Å². The van der Waals surface area contributed by atoms with E-state index < -0.39 is 0 Å². The highest BCUT2D eigenvalue weighted by atomic mass is 16.3. The maximum absolute atomic E-state index is 8.94. The van der Waals surface area contributed by atoms with E-state index in [0.717, 1.165) is 12.0 Å². The van der Waals surface area contributed by atoms with Gasteiger partial charge in [0.05, 0.1) is 0 Å². The molecule has 0 aromatic heterocycles. The fourth-order valence-corrected chi connectivity index (χ4v) is 0.822. The molecule has 1 nitrogen and oxygen atoms in total. The van der Waals surface area contributed by atoms with Crippen LogP contribution in [0.3, 0.4) is 0 Å². The summed E-state index contributed by atoms with van der Waals surface area (Å²) >= 11 is 0. The highest BCUT2D eigenvalue weighted by molar-refractivity contribution is 5.26. The lowest BCUT2D eigenvalue weighted by atomic mass is 10.1. The zero-order chi connectivity index (χ0) is 8.10. The number of aromatic hydroxyl groups is 1. The maximum atomic E-state index is 8.94. The quantitative estimate of drug-likeness (QED) is 0.634. The predicted octanol–water partition coefficient (Wildman–Crippen LogP) is 2.28. The molecule has 56 valence electrons. The second-order valence-electron chi connectivity index (χ2n) is 2.28. The average molecular weight is 146 g/mol. The number of benzene rings is 1. The third kappa shape index (κ3) is 2.32. The molecule has 0 bridgehead atoms. The monoisotopic (exact) mass is 146 g/mol. The van der Waals surface area contributed by atoms with E-state index in [2.05, 4.69) is 12.3 Å². The molecule has 0 unspecified atom stereocenters. The van der Waals surface area contributed by atoms with Crippen molar-refractivity contribution in [2.75, 3.05) is 0 Å². The van der Waals surface area contributed by atoms with Crippen LogP contribution < -0.4 is 0 Å². The van der Waals surface area contributed by atoms with Crippen LogP contribution in [-0.2, 0) is 6.42 Å². The van der Waals surface area contributed by atoms with Crippen molar-refractivity contribution in [3.8, 4) is 5.75 Å². The van der Waals surface area contributed by atoms with Crippen LogP contribution in [0, 0.1) is 0 Å². The van der Waals surface area contributed by atoms with Crippen LogP contribution in [-0.4, -0.2) is 5.11 Å². The molecule has 0 aliphatic heterocycles. The summed E-state index contributed by atoms with van der Waals surface area (Å²) in [5.74, 6) is 0.302. The van der Waals surface area contributed by atoms with Crippen molar-refractivity contribution in [3.63, 3.8) is 0 Å². The van der Waals surface area contributed by atoms with E-state index in [9.17, 15) is 0 Å². The Kier molecular flexibility index (Phi) is 2.53. The molecule has 0 saturated carbocycles. The fraction of sp³-hybridized carbons (Fsp3) is 0.100. The smallest absolute Gasteiger partial charge is 0.115 e. The van der Waals surface area contributed by atoms with Crippen LogP contribution in [0.2, 0.25) is 0 Å². The summed E-state index contributed by atoms with van der Waals surface area (Å²) in [5.41, 5.74) is 3.85. The Morgan fingerprint density at radius 2 is 2.00 bits per heavy atom. The Labute approximate surface area is 66.3 Å². The zero-order valence-electron chi connectivity index (χ0n) is 6.25. The minimum atomic E-state index is 0.302. The summed E-state index contributed by atoms with van der Waals surface area (Å²) in [4.78, 5) is 0. The summed E-state index contributed by atoms with van der Waals surface area (Å²) in [5, 5.41) is 8.94. The van der Waals surface area contributed by atoms with E-state index in [-0.39, 0.29) is 0 Å². The minimum absolute atomic E-state index is 0.302. The second kappa shape index (κ2) is 3.65. The predicted molar refractivity (Wildman–Crippen MR) is 45.5 cm³/mol. The molecule has 0 atom stereocenters. The average Bonchev–Trinajstić information content (AvgIpc) is 2.04. The molecule has 0 amide bonds. The lowest BCUT2D eigenvalue weighted by molar-refractivity contribution is 0.475. The van der Waals surface area contributed by atoms with Crippen molar-refractivity contribution < 1.29 is 5.11 Å². The van der Waals surface area contributed by atoms with Gasteiger partial charge in [-0.05, 0) is 30.2 Å². The highest BCUT2D eigenvalue weighted by Crippen LogP contribution is 2.09. The molecule has 1 aromatic rings. The Bertz CT molecular complexity index is 265. The summed E-state index contributed by atoms with van der Waals surface area (Å²) in [6.07, 6.45) is 2.68. The molecular weight excluding hydrogens is 136 g/mol. The Balaban J connectivity index is 2.73. The lowest BCUT2D eigenvalue weighted by Gasteiger charge is -1.94. The van der Waals surface area contributed by atoms with Gasteiger partial charge in [-0.2, -0.15) is 0 Å². The van der Waals surface area contributed by atoms with Gasteiger partial charge in [0.25, 0.3) is 0 Å². The van der Waals surface area contributed by atoms with E-state index in [1.54, 1.807) is 12.1 Å². The zero-order valence-corrected chi connectivity index (χ0v) is 6.25. The number of phenols is 1. The van der Waals surface area contributed by atoms with E-state index in [1.807, 2.05) is 18.2 Å². The Morgan fingerprint density at radius 1 is 1.36 bits per heavy atom. The SMILES string of the molecule is C=C=CCc1ccc(O)cc1. The summed E-state index contributed by atoms with van der Waals surface area (Å²) in [7, 11) is 0. The van der Waals surface area contributed by atoms with Gasteiger partial charge in [0, 0.05) is 0 Å². The van der Waals surface area contributed by atoms with Crippen LogP contribution in [0.4, 0.5) is 0 Å². The molecule has 0 fully saturated rings. The normalized spacial score (nSPS) is 8.73. The van der Waals surface area contributed by atoms with Gasteiger partial charge in [0.15, 0.2) is 0 Å². The highest BCUT2D eigenvalue weighted by Gasteiger charge is 1.88. The van der Waals surface area contributed by atoms with E-state index in [0.29, 0.717) is 5.75 Å². The van der Waals surface area contributed by atoms with Crippen molar-refractivity contribution in [3.05, 3.63) is 48.2 Å². The van der Waals surface area contributed by atoms with Gasteiger partial charge in [0.1, 0.15) is 5.75 Å². The number of rotatable bonds is 2. The third-order valence-electron chi connectivity index (χ3n) is 1.42. The van der Waals surface area contributed by atoms with Gasteiger partial charge < -0.3 is 5.11 Å². The Morgan fingerprint density at radius 3 is 2.55 bits per heavy atom. The fourth-order valence-electron chi connectivity index (χ4n) is 0.822. The molecule has 0 heterocycles. The van der Waals surface area contributed by atoms with E-state index >= 15 is 0 Å². The van der Waals surface area contributed by atoms with Crippen LogP contribution in [0.15, 0.2) is 42.7 Å². The van der Waals surface area contributed by atoms with Crippen LogP contribution in [0.1, 0.15) is 5.56 Å². The lowest BCUT2D eigenvalue weighted by Crippen LogP contribution is -1.77. The van der Waals surface area contributed by atoms with Crippen LogP contribution in [0.25, 0.3) is 0 Å². The third-order valence-corrected chi connectivity index (χ3v) is 1.42. The first-order valence-electron chi connectivity index (χ1n) is 3.45. The molecule has 11 heavy (non-hydrogen) atoms. The molecule has 0 saturated heterocycles. The van der Waals surface area contributed by atoms with Gasteiger partial charge in [-0.3, -0.25) is 0 Å². The molecule has 0 aliphatic carbocycles. The topological polar surface area (TPSA) is 20.2 Å². The first kappa shape index (κ1) is 7.64. The van der Waals surface area contributed by atoms with Gasteiger partial charge in [-0.25, -0.2) is 0 Å². The molecule has 1 N–H and O–H groups in total. The van der Waals surface area contributed by atoms with Gasteiger partial charge in [0.2, 0.25) is 0 Å². The van der Waals surface area contributed by atoms with Crippen molar-refractivity contribution in [2.24, 2.45) is 0 Å². The Hall–Kier alpha value is -1.46. The number of allylic oxidation sites excluding steroid dienone is 1. The van der Waals surface area contributed by atoms with Crippen molar-refractivity contribution in [1.29, 1.82) is 0 Å². The van der Waals surface area contributed by atoms with Crippen LogP contribution >= 0.6 is 0 Å². The summed E-state index contributed by atoms with van der Waals surface area (Å²) in [6, 6.07) is 7.10. The summed E-state index contributed by atoms with van der Waals surface area (Å²) < 4.78 is 0. The summed E-state index contributed by atoms with van der Waals surface area (Å²) in [6.45, 7) is 3.46. The first-order valence-corrected chi connectivity index (χ1v) is 3.45. The number of hydrogen-bond donors (Lipinski definition) is 1. The van der Waals surface area contributed by atoms with E-state index in [4.69, 9.17) is 5.11 Å². The standard InChI is InChI=1S/C10H10O/c1-2-3-4-9-5-7-10(11)8-6-9/h3,5-8,11H,1,4H2. The van der Waals surface area contributed by atoms with E-state index in [1.165, 1.54) is 0 Å². The molecule has 0 spiro atoms. The largest absolute Gasteiger partial charge is 0.508 e.